The highest BCUT2D eigenvalue weighted by Gasteiger charge is 2.41. The van der Waals surface area contributed by atoms with Gasteiger partial charge in [-0.05, 0) is 17.7 Å². The largest absolute Gasteiger partial charge is 0.491 e. The summed E-state index contributed by atoms with van der Waals surface area (Å²) in [6.45, 7) is 0.941. The third kappa shape index (κ3) is 3.63. The zero-order valence-electron chi connectivity index (χ0n) is 11.8. The van der Waals surface area contributed by atoms with Crippen LogP contribution >= 0.6 is 0 Å². The van der Waals surface area contributed by atoms with E-state index in [1.807, 2.05) is 0 Å². The second-order valence-electron chi connectivity index (χ2n) is 4.38. The predicted octanol–water partition coefficient (Wildman–Crippen LogP) is 1.03. The van der Waals surface area contributed by atoms with E-state index in [9.17, 15) is 9.59 Å². The average molecular weight is 295 g/mol. The summed E-state index contributed by atoms with van der Waals surface area (Å²) >= 11 is 0. The van der Waals surface area contributed by atoms with Crippen molar-refractivity contribution in [2.24, 2.45) is 0 Å². The number of rotatable bonds is 6. The van der Waals surface area contributed by atoms with Gasteiger partial charge in [0, 0.05) is 7.11 Å². The number of hydrogen-bond acceptors (Lipinski definition) is 6. The van der Waals surface area contributed by atoms with Gasteiger partial charge < -0.3 is 24.3 Å². The Morgan fingerprint density at radius 2 is 1.95 bits per heavy atom. The standard InChI is InChI=1S/C14H17NO6/c1-18-7-8-20-10-5-3-9(4-6-10)12-11(13(16)19-2)15-14(17)21-12/h3-6,11-12H,7-8H2,1-2H3,(H,15,17). The minimum absolute atomic E-state index is 0.445. The second kappa shape index (κ2) is 6.94. The fourth-order valence-electron chi connectivity index (χ4n) is 1.99. The molecule has 1 aliphatic rings. The minimum atomic E-state index is -0.845. The van der Waals surface area contributed by atoms with Crippen molar-refractivity contribution in [3.05, 3.63) is 29.8 Å². The Kier molecular flexibility index (Phi) is 4.99. The molecule has 114 valence electrons. The highest BCUT2D eigenvalue weighted by atomic mass is 16.6. The Bertz CT molecular complexity index is 501. The lowest BCUT2D eigenvalue weighted by Gasteiger charge is -2.15. The zero-order valence-corrected chi connectivity index (χ0v) is 11.8. The molecule has 0 bridgehead atoms. The fraction of sp³-hybridized carbons (Fsp3) is 0.429. The van der Waals surface area contributed by atoms with E-state index in [-0.39, 0.29) is 0 Å². The number of amides is 1. The monoisotopic (exact) mass is 295 g/mol. The molecule has 0 aromatic heterocycles. The Labute approximate surface area is 122 Å². The summed E-state index contributed by atoms with van der Waals surface area (Å²) < 4.78 is 20.1. The van der Waals surface area contributed by atoms with Crippen molar-refractivity contribution < 1.29 is 28.5 Å². The molecule has 1 fully saturated rings. The molecule has 0 saturated carbocycles. The van der Waals surface area contributed by atoms with Gasteiger partial charge in [-0.15, -0.1) is 0 Å². The molecule has 2 unspecified atom stereocenters. The van der Waals surface area contributed by atoms with Crippen molar-refractivity contribution in [1.29, 1.82) is 0 Å². The van der Waals surface area contributed by atoms with Crippen LogP contribution in [0, 0.1) is 0 Å². The maximum absolute atomic E-state index is 11.6. The van der Waals surface area contributed by atoms with Gasteiger partial charge in [-0.2, -0.15) is 0 Å². The van der Waals surface area contributed by atoms with E-state index in [2.05, 4.69) is 10.1 Å². The molecule has 1 amide bonds. The molecule has 2 rings (SSSR count). The number of hydrogen-bond donors (Lipinski definition) is 1. The SMILES string of the molecule is COCCOc1ccc(C2OC(=O)NC2C(=O)OC)cc1. The number of methoxy groups -OCH3 is 2. The normalized spacial score (nSPS) is 20.6. The highest BCUT2D eigenvalue weighted by Crippen LogP contribution is 2.28. The highest BCUT2D eigenvalue weighted by molar-refractivity contribution is 5.85. The molecule has 1 aromatic rings. The van der Waals surface area contributed by atoms with Crippen LogP contribution in [0.25, 0.3) is 0 Å². The van der Waals surface area contributed by atoms with Gasteiger partial charge in [0.1, 0.15) is 12.4 Å². The Morgan fingerprint density at radius 1 is 1.24 bits per heavy atom. The van der Waals surface area contributed by atoms with Crippen LogP contribution in [-0.4, -0.2) is 45.5 Å². The molecule has 1 saturated heterocycles. The quantitative estimate of drug-likeness (QED) is 0.623. The summed E-state index contributed by atoms with van der Waals surface area (Å²) in [6.07, 6.45) is -1.35. The summed E-state index contributed by atoms with van der Waals surface area (Å²) in [5.41, 5.74) is 0.683. The molecule has 7 heteroatoms. The first-order chi connectivity index (χ1) is 10.2. The number of benzene rings is 1. The average Bonchev–Trinajstić information content (AvgIpc) is 2.89. The Balaban J connectivity index is 2.06. The Hall–Kier alpha value is -2.28. The smallest absolute Gasteiger partial charge is 0.408 e. The van der Waals surface area contributed by atoms with Crippen LogP contribution in [0.3, 0.4) is 0 Å². The summed E-state index contributed by atoms with van der Waals surface area (Å²) in [5.74, 6) is 0.119. The lowest BCUT2D eigenvalue weighted by Crippen LogP contribution is -2.36. The van der Waals surface area contributed by atoms with Gasteiger partial charge in [-0.3, -0.25) is 0 Å². The lowest BCUT2D eigenvalue weighted by molar-refractivity contribution is -0.144. The number of alkyl carbamates (subject to hydrolysis) is 1. The van der Waals surface area contributed by atoms with Crippen LogP contribution in [0.1, 0.15) is 11.7 Å². The first-order valence-electron chi connectivity index (χ1n) is 6.42. The van der Waals surface area contributed by atoms with Gasteiger partial charge in [-0.25, -0.2) is 9.59 Å². The molecule has 1 N–H and O–H groups in total. The van der Waals surface area contributed by atoms with Crippen LogP contribution in [0.5, 0.6) is 5.75 Å². The van der Waals surface area contributed by atoms with Crippen molar-refractivity contribution in [2.75, 3.05) is 27.4 Å². The van der Waals surface area contributed by atoms with Crippen molar-refractivity contribution in [1.82, 2.24) is 5.32 Å². The number of cyclic esters (lactones) is 1. The van der Waals surface area contributed by atoms with Gasteiger partial charge in [-0.1, -0.05) is 12.1 Å². The molecule has 0 radical (unpaired) electrons. The molecule has 1 heterocycles. The van der Waals surface area contributed by atoms with E-state index in [0.29, 0.717) is 24.5 Å². The van der Waals surface area contributed by atoms with E-state index in [4.69, 9.17) is 14.2 Å². The third-order valence-electron chi connectivity index (χ3n) is 3.03. The molecule has 1 aliphatic heterocycles. The minimum Gasteiger partial charge on any atom is -0.491 e. The number of esters is 1. The Morgan fingerprint density at radius 3 is 2.57 bits per heavy atom. The number of carbonyl (C=O) groups excluding carboxylic acids is 2. The lowest BCUT2D eigenvalue weighted by atomic mass is 10.0. The van der Waals surface area contributed by atoms with Gasteiger partial charge in [0.2, 0.25) is 0 Å². The van der Waals surface area contributed by atoms with Crippen LogP contribution < -0.4 is 10.1 Å². The molecule has 21 heavy (non-hydrogen) atoms. The van der Waals surface area contributed by atoms with Crippen molar-refractivity contribution in [3.8, 4) is 5.75 Å². The van der Waals surface area contributed by atoms with Crippen molar-refractivity contribution in [3.63, 3.8) is 0 Å². The zero-order chi connectivity index (χ0) is 15.2. The van der Waals surface area contributed by atoms with Crippen molar-refractivity contribution in [2.45, 2.75) is 12.1 Å². The molecule has 2 atom stereocenters. The first-order valence-corrected chi connectivity index (χ1v) is 6.42. The molecule has 0 aliphatic carbocycles. The maximum Gasteiger partial charge on any atom is 0.408 e. The van der Waals surface area contributed by atoms with Gasteiger partial charge in [0.05, 0.1) is 13.7 Å². The van der Waals surface area contributed by atoms with Crippen LogP contribution in [0.2, 0.25) is 0 Å². The van der Waals surface area contributed by atoms with Crippen LogP contribution in [-0.2, 0) is 19.0 Å². The second-order valence-corrected chi connectivity index (χ2v) is 4.38. The first kappa shape index (κ1) is 15.1. The van der Waals surface area contributed by atoms with Crippen LogP contribution in [0.15, 0.2) is 24.3 Å². The third-order valence-corrected chi connectivity index (χ3v) is 3.03. The summed E-state index contributed by atoms with van der Waals surface area (Å²) in [7, 11) is 2.86. The van der Waals surface area contributed by atoms with Crippen LogP contribution in [0.4, 0.5) is 4.79 Å². The van der Waals surface area contributed by atoms with Crippen molar-refractivity contribution >= 4 is 12.1 Å². The summed E-state index contributed by atoms with van der Waals surface area (Å²) in [6, 6.07) is 6.12. The van der Waals surface area contributed by atoms with E-state index in [0.717, 1.165) is 0 Å². The van der Waals surface area contributed by atoms with E-state index in [1.165, 1.54) is 7.11 Å². The van der Waals surface area contributed by atoms with Gasteiger partial charge in [0.15, 0.2) is 12.1 Å². The van der Waals surface area contributed by atoms with E-state index < -0.39 is 24.2 Å². The molecule has 7 nitrogen and oxygen atoms in total. The van der Waals surface area contributed by atoms with E-state index in [1.54, 1.807) is 31.4 Å². The molecule has 0 spiro atoms. The fourth-order valence-corrected chi connectivity index (χ4v) is 1.99. The van der Waals surface area contributed by atoms with Gasteiger partial charge >= 0.3 is 12.1 Å². The molecular weight excluding hydrogens is 278 g/mol. The number of carbonyl (C=O) groups is 2. The number of ether oxygens (including phenoxy) is 4. The number of nitrogens with one attached hydrogen (secondary N) is 1. The molecule has 1 aromatic carbocycles. The molecular formula is C14H17NO6. The maximum atomic E-state index is 11.6. The van der Waals surface area contributed by atoms with E-state index >= 15 is 0 Å². The summed E-state index contributed by atoms with van der Waals surface area (Å²) in [4.78, 5) is 22.9. The predicted molar refractivity (Wildman–Crippen MR) is 72.0 cm³/mol. The summed E-state index contributed by atoms with van der Waals surface area (Å²) in [5, 5.41) is 2.43. The van der Waals surface area contributed by atoms with Gasteiger partial charge in [0.25, 0.3) is 0 Å². The topological polar surface area (TPSA) is 83.1 Å².